The van der Waals surface area contributed by atoms with Gasteiger partial charge in [0.05, 0.1) is 4.90 Å². The molecular formula is C14H23ClN2O2S. The highest BCUT2D eigenvalue weighted by Crippen LogP contribution is 2.28. The maximum atomic E-state index is 12.8. The smallest absolute Gasteiger partial charge is 0.243 e. The summed E-state index contributed by atoms with van der Waals surface area (Å²) in [5, 5.41) is 3.18. The minimum atomic E-state index is -3.38. The van der Waals surface area contributed by atoms with Gasteiger partial charge in [-0.1, -0.05) is 6.07 Å². The molecule has 6 heteroatoms. The SMILES string of the molecule is Cc1cc(C)c(C)c(S(=O)(=O)N2CCNCC2)c1C.Cl. The highest BCUT2D eigenvalue weighted by Gasteiger charge is 2.29. The molecule has 0 radical (unpaired) electrons. The average molecular weight is 319 g/mol. The molecule has 1 heterocycles. The van der Waals surface area contributed by atoms with Crippen LogP contribution < -0.4 is 5.32 Å². The molecule has 0 amide bonds. The molecule has 0 spiro atoms. The predicted octanol–water partition coefficient (Wildman–Crippen LogP) is 1.94. The molecule has 2 rings (SSSR count). The summed E-state index contributed by atoms with van der Waals surface area (Å²) in [5.74, 6) is 0. The molecule has 0 aromatic heterocycles. The van der Waals surface area contributed by atoms with Crippen LogP contribution in [0.5, 0.6) is 0 Å². The Balaban J connectivity index is 0.00000200. The van der Waals surface area contributed by atoms with E-state index >= 15 is 0 Å². The molecule has 1 fully saturated rings. The van der Waals surface area contributed by atoms with E-state index in [1.54, 1.807) is 4.31 Å². The Morgan fingerprint density at radius 2 is 1.45 bits per heavy atom. The van der Waals surface area contributed by atoms with Gasteiger partial charge in [-0.3, -0.25) is 0 Å². The summed E-state index contributed by atoms with van der Waals surface area (Å²) in [6, 6.07) is 2.06. The fourth-order valence-corrected chi connectivity index (χ4v) is 4.60. The summed E-state index contributed by atoms with van der Waals surface area (Å²) in [7, 11) is -3.38. The Morgan fingerprint density at radius 3 is 1.90 bits per heavy atom. The Hall–Kier alpha value is -0.620. The van der Waals surface area contributed by atoms with Crippen molar-refractivity contribution in [3.05, 3.63) is 28.3 Å². The Kier molecular flexibility index (Phi) is 5.61. The lowest BCUT2D eigenvalue weighted by Gasteiger charge is -2.28. The second-order valence-corrected chi connectivity index (χ2v) is 7.12. The van der Waals surface area contributed by atoms with Crippen LogP contribution in [0.1, 0.15) is 22.3 Å². The van der Waals surface area contributed by atoms with Crippen molar-refractivity contribution < 1.29 is 8.42 Å². The second-order valence-electron chi connectivity index (χ2n) is 5.24. The Bertz CT molecular complexity index is 567. The van der Waals surface area contributed by atoms with E-state index in [2.05, 4.69) is 11.4 Å². The van der Waals surface area contributed by atoms with Crippen LogP contribution in [-0.2, 0) is 10.0 Å². The van der Waals surface area contributed by atoms with E-state index in [1.165, 1.54) is 0 Å². The third-order valence-electron chi connectivity index (χ3n) is 3.97. The van der Waals surface area contributed by atoms with Crippen LogP contribution in [0, 0.1) is 27.7 Å². The zero-order valence-electron chi connectivity index (χ0n) is 12.5. The first-order valence-corrected chi connectivity index (χ1v) is 8.08. The molecule has 1 aliphatic rings. The number of nitrogens with zero attached hydrogens (tertiary/aromatic N) is 1. The number of piperazine rings is 1. The van der Waals surface area contributed by atoms with E-state index in [9.17, 15) is 8.42 Å². The summed E-state index contributed by atoms with van der Waals surface area (Å²) >= 11 is 0. The van der Waals surface area contributed by atoms with Crippen LogP contribution in [0.15, 0.2) is 11.0 Å². The number of nitrogens with one attached hydrogen (secondary N) is 1. The van der Waals surface area contributed by atoms with Crippen molar-refractivity contribution in [1.82, 2.24) is 9.62 Å². The molecule has 0 bridgehead atoms. The first kappa shape index (κ1) is 17.4. The molecule has 20 heavy (non-hydrogen) atoms. The molecule has 1 aliphatic heterocycles. The van der Waals surface area contributed by atoms with Gasteiger partial charge >= 0.3 is 0 Å². The van der Waals surface area contributed by atoms with E-state index in [4.69, 9.17) is 0 Å². The second kappa shape index (κ2) is 6.43. The first-order valence-electron chi connectivity index (χ1n) is 6.64. The van der Waals surface area contributed by atoms with Crippen molar-refractivity contribution in [3.63, 3.8) is 0 Å². The molecule has 1 N–H and O–H groups in total. The number of aryl methyl sites for hydroxylation is 2. The predicted molar refractivity (Wildman–Crippen MR) is 84.3 cm³/mol. The fourth-order valence-electron chi connectivity index (χ4n) is 2.58. The maximum Gasteiger partial charge on any atom is 0.243 e. The monoisotopic (exact) mass is 318 g/mol. The Morgan fingerprint density at radius 1 is 1.00 bits per heavy atom. The van der Waals surface area contributed by atoms with Crippen LogP contribution in [0.2, 0.25) is 0 Å². The normalized spacial score (nSPS) is 16.8. The molecule has 1 saturated heterocycles. The highest BCUT2D eigenvalue weighted by molar-refractivity contribution is 7.89. The van der Waals surface area contributed by atoms with Gasteiger partial charge in [-0.2, -0.15) is 4.31 Å². The van der Waals surface area contributed by atoms with Crippen molar-refractivity contribution in [3.8, 4) is 0 Å². The lowest BCUT2D eigenvalue weighted by atomic mass is 10.0. The van der Waals surface area contributed by atoms with Crippen LogP contribution in [0.25, 0.3) is 0 Å². The standard InChI is InChI=1S/C14H22N2O2S.ClH/c1-10-9-11(2)13(4)14(12(10)3)19(17,18)16-7-5-15-6-8-16;/h9,15H,5-8H2,1-4H3;1H. The molecule has 114 valence electrons. The minimum absolute atomic E-state index is 0. The van der Waals surface area contributed by atoms with E-state index in [0.717, 1.165) is 35.3 Å². The van der Waals surface area contributed by atoms with Crippen LogP contribution >= 0.6 is 12.4 Å². The van der Waals surface area contributed by atoms with Gasteiger partial charge in [-0.25, -0.2) is 8.42 Å². The topological polar surface area (TPSA) is 49.4 Å². The molecule has 0 unspecified atom stereocenters. The quantitative estimate of drug-likeness (QED) is 0.906. The number of benzene rings is 1. The summed E-state index contributed by atoms with van der Waals surface area (Å²) in [6.07, 6.45) is 0. The summed E-state index contributed by atoms with van der Waals surface area (Å²) in [4.78, 5) is 0.506. The van der Waals surface area contributed by atoms with Gasteiger partial charge in [-0.05, 0) is 49.9 Å². The largest absolute Gasteiger partial charge is 0.314 e. The van der Waals surface area contributed by atoms with Crippen molar-refractivity contribution in [1.29, 1.82) is 0 Å². The molecule has 4 nitrogen and oxygen atoms in total. The van der Waals surface area contributed by atoms with Crippen molar-refractivity contribution in [2.75, 3.05) is 26.2 Å². The van der Waals surface area contributed by atoms with Crippen molar-refractivity contribution in [2.24, 2.45) is 0 Å². The van der Waals surface area contributed by atoms with E-state index < -0.39 is 10.0 Å². The van der Waals surface area contributed by atoms with Gasteiger partial charge in [0, 0.05) is 26.2 Å². The van der Waals surface area contributed by atoms with Crippen molar-refractivity contribution >= 4 is 22.4 Å². The van der Waals surface area contributed by atoms with Gasteiger partial charge < -0.3 is 5.32 Å². The lowest BCUT2D eigenvalue weighted by molar-refractivity contribution is 0.360. The van der Waals surface area contributed by atoms with Crippen LogP contribution in [0.3, 0.4) is 0 Å². The third-order valence-corrected chi connectivity index (χ3v) is 6.14. The third kappa shape index (κ3) is 3.01. The molecule has 0 aliphatic carbocycles. The van der Waals surface area contributed by atoms with E-state index in [-0.39, 0.29) is 12.4 Å². The lowest BCUT2D eigenvalue weighted by Crippen LogP contribution is -2.46. The average Bonchev–Trinajstić information content (AvgIpc) is 2.37. The Labute approximate surface area is 128 Å². The molecule has 1 aromatic rings. The van der Waals surface area contributed by atoms with E-state index in [1.807, 2.05) is 27.7 Å². The number of sulfonamides is 1. The van der Waals surface area contributed by atoms with Gasteiger partial charge in [0.25, 0.3) is 0 Å². The molecular weight excluding hydrogens is 296 g/mol. The summed E-state index contributed by atoms with van der Waals surface area (Å²) < 4.78 is 27.3. The van der Waals surface area contributed by atoms with Gasteiger partial charge in [-0.15, -0.1) is 12.4 Å². The molecule has 1 aromatic carbocycles. The zero-order chi connectivity index (χ0) is 14.2. The summed E-state index contributed by atoms with van der Waals surface area (Å²) in [6.45, 7) is 10.3. The number of rotatable bonds is 2. The van der Waals surface area contributed by atoms with E-state index in [0.29, 0.717) is 18.0 Å². The highest BCUT2D eigenvalue weighted by atomic mass is 35.5. The number of halogens is 1. The van der Waals surface area contributed by atoms with Gasteiger partial charge in [0.15, 0.2) is 0 Å². The van der Waals surface area contributed by atoms with Gasteiger partial charge in [0.1, 0.15) is 0 Å². The van der Waals surface area contributed by atoms with Crippen LogP contribution in [-0.4, -0.2) is 38.9 Å². The number of hydrogen-bond donors (Lipinski definition) is 1. The minimum Gasteiger partial charge on any atom is -0.314 e. The van der Waals surface area contributed by atoms with Gasteiger partial charge in [0.2, 0.25) is 10.0 Å². The zero-order valence-corrected chi connectivity index (χ0v) is 14.1. The molecule has 0 saturated carbocycles. The fraction of sp³-hybridized carbons (Fsp3) is 0.571. The number of hydrogen-bond acceptors (Lipinski definition) is 3. The first-order chi connectivity index (χ1) is 8.85. The maximum absolute atomic E-state index is 12.8. The summed E-state index contributed by atoms with van der Waals surface area (Å²) in [5.41, 5.74) is 3.83. The molecule has 0 atom stereocenters. The van der Waals surface area contributed by atoms with Crippen molar-refractivity contribution in [2.45, 2.75) is 32.6 Å². The van der Waals surface area contributed by atoms with Crippen LogP contribution in [0.4, 0.5) is 0 Å².